The van der Waals surface area contributed by atoms with Crippen molar-refractivity contribution >= 4 is 28.0 Å². The van der Waals surface area contributed by atoms with E-state index in [1.807, 2.05) is 42.5 Å². The van der Waals surface area contributed by atoms with Gasteiger partial charge in [-0.15, -0.1) is 0 Å². The minimum Gasteiger partial charge on any atom is -0.398 e. The summed E-state index contributed by atoms with van der Waals surface area (Å²) >= 11 is 0. The minimum absolute atomic E-state index is 0.730. The van der Waals surface area contributed by atoms with Crippen LogP contribution in [0.25, 0.3) is 55.5 Å². The first-order valence-corrected chi connectivity index (χ1v) is 14.1. The van der Waals surface area contributed by atoms with Crippen molar-refractivity contribution in [3.05, 3.63) is 158 Å². The quantitative estimate of drug-likeness (QED) is 0.207. The van der Waals surface area contributed by atoms with E-state index >= 15 is 0 Å². The lowest BCUT2D eigenvalue weighted by molar-refractivity contribution is 1.39. The number of nitrogens with one attached hydrogen (secondary N) is 1. The number of aromatic nitrogens is 1. The van der Waals surface area contributed by atoms with Gasteiger partial charge in [-0.2, -0.15) is 0 Å². The van der Waals surface area contributed by atoms with Gasteiger partial charge in [0.2, 0.25) is 0 Å². The van der Waals surface area contributed by atoms with Gasteiger partial charge in [-0.3, -0.25) is 0 Å². The molecule has 0 saturated heterocycles. The zero-order valence-corrected chi connectivity index (χ0v) is 23.0. The number of nitrogens with zero attached hydrogens (tertiary/aromatic N) is 1. The molecule has 1 heterocycles. The van der Waals surface area contributed by atoms with Gasteiger partial charge in [0.25, 0.3) is 0 Å². The Morgan fingerprint density at radius 1 is 0.452 bits per heavy atom. The van der Waals surface area contributed by atoms with Crippen LogP contribution in [-0.4, -0.2) is 4.98 Å². The number of nitrogens with two attached hydrogens (primary N) is 1. The van der Waals surface area contributed by atoms with E-state index < -0.39 is 0 Å². The third-order valence-electron chi connectivity index (χ3n) is 7.62. The Kier molecular flexibility index (Phi) is 6.67. The van der Waals surface area contributed by atoms with Crippen molar-refractivity contribution in [2.45, 2.75) is 0 Å². The molecule has 0 fully saturated rings. The maximum absolute atomic E-state index is 6.61. The first kappa shape index (κ1) is 25.3. The first-order chi connectivity index (χ1) is 20.7. The van der Waals surface area contributed by atoms with Crippen LogP contribution in [0, 0.1) is 0 Å². The molecule has 200 valence electrons. The number of para-hydroxylation sites is 1. The molecule has 0 aliphatic heterocycles. The lowest BCUT2D eigenvalue weighted by Crippen LogP contribution is -1.98. The van der Waals surface area contributed by atoms with Crippen molar-refractivity contribution in [1.29, 1.82) is 0 Å². The second kappa shape index (κ2) is 11.1. The van der Waals surface area contributed by atoms with Crippen LogP contribution in [0.4, 0.5) is 17.1 Å². The number of hydrogen-bond donors (Lipinski definition) is 2. The fourth-order valence-electron chi connectivity index (χ4n) is 5.50. The maximum atomic E-state index is 6.61. The van der Waals surface area contributed by atoms with Crippen LogP contribution < -0.4 is 11.1 Å². The van der Waals surface area contributed by atoms with Crippen LogP contribution in [0.2, 0.25) is 0 Å². The van der Waals surface area contributed by atoms with E-state index in [9.17, 15) is 0 Å². The first-order valence-electron chi connectivity index (χ1n) is 14.1. The van der Waals surface area contributed by atoms with Crippen molar-refractivity contribution in [1.82, 2.24) is 4.98 Å². The molecule has 3 N–H and O–H groups in total. The third kappa shape index (κ3) is 5.00. The van der Waals surface area contributed by atoms with Crippen LogP contribution in [0.3, 0.4) is 0 Å². The van der Waals surface area contributed by atoms with Gasteiger partial charge in [-0.25, -0.2) is 4.98 Å². The summed E-state index contributed by atoms with van der Waals surface area (Å²) in [5, 5.41) is 4.78. The van der Waals surface area contributed by atoms with Gasteiger partial charge in [-0.1, -0.05) is 121 Å². The second-order valence-corrected chi connectivity index (χ2v) is 10.4. The van der Waals surface area contributed by atoms with Crippen molar-refractivity contribution in [2.75, 3.05) is 11.1 Å². The number of pyridine rings is 1. The highest BCUT2D eigenvalue weighted by Gasteiger charge is 2.13. The average Bonchev–Trinajstić information content (AvgIpc) is 3.06. The number of fused-ring (bicyclic) bond motifs is 1. The molecular weight excluding hydrogens is 510 g/mol. The molecule has 6 aromatic carbocycles. The van der Waals surface area contributed by atoms with Gasteiger partial charge in [0.1, 0.15) is 0 Å². The van der Waals surface area contributed by atoms with E-state index in [-0.39, 0.29) is 0 Å². The molecule has 0 aliphatic carbocycles. The average molecular weight is 540 g/mol. The summed E-state index contributed by atoms with van der Waals surface area (Å²) < 4.78 is 0. The molecule has 0 radical (unpaired) electrons. The Morgan fingerprint density at radius 2 is 1.00 bits per heavy atom. The third-order valence-corrected chi connectivity index (χ3v) is 7.62. The Morgan fingerprint density at radius 3 is 1.64 bits per heavy atom. The predicted molar refractivity (Wildman–Crippen MR) is 178 cm³/mol. The highest BCUT2D eigenvalue weighted by molar-refractivity contribution is 5.97. The van der Waals surface area contributed by atoms with Crippen LogP contribution in [0.1, 0.15) is 0 Å². The molecule has 0 bridgehead atoms. The molecular formula is C39H29N3. The molecule has 42 heavy (non-hydrogen) atoms. The topological polar surface area (TPSA) is 50.9 Å². The Balaban J connectivity index is 1.25. The van der Waals surface area contributed by atoms with Crippen LogP contribution in [0.15, 0.2) is 158 Å². The van der Waals surface area contributed by atoms with Gasteiger partial charge in [0, 0.05) is 39.1 Å². The highest BCUT2D eigenvalue weighted by Crippen LogP contribution is 2.39. The second-order valence-electron chi connectivity index (χ2n) is 10.4. The number of hydrogen-bond acceptors (Lipinski definition) is 3. The number of anilines is 3. The molecule has 3 nitrogen and oxygen atoms in total. The number of rotatable bonds is 6. The fraction of sp³-hybridized carbons (Fsp3) is 0. The lowest BCUT2D eigenvalue weighted by Gasteiger charge is -2.17. The maximum Gasteiger partial charge on any atom is 0.0715 e. The number of benzene rings is 6. The molecule has 0 spiro atoms. The molecule has 0 atom stereocenters. The summed E-state index contributed by atoms with van der Waals surface area (Å²) in [5.74, 6) is 0. The minimum atomic E-state index is 0.730. The Bertz CT molecular complexity index is 1980. The zero-order valence-electron chi connectivity index (χ0n) is 23.0. The monoisotopic (exact) mass is 539 g/mol. The van der Waals surface area contributed by atoms with E-state index in [2.05, 4.69) is 121 Å². The van der Waals surface area contributed by atoms with Crippen molar-refractivity contribution in [2.24, 2.45) is 0 Å². The highest BCUT2D eigenvalue weighted by atomic mass is 14.9. The molecule has 7 aromatic rings. The zero-order chi connectivity index (χ0) is 28.3. The molecule has 3 heteroatoms. The lowest BCUT2D eigenvalue weighted by atomic mass is 9.95. The summed E-state index contributed by atoms with van der Waals surface area (Å²) in [6.07, 6.45) is 0. The van der Waals surface area contributed by atoms with E-state index in [0.29, 0.717) is 0 Å². The van der Waals surface area contributed by atoms with E-state index in [4.69, 9.17) is 10.7 Å². The van der Waals surface area contributed by atoms with Gasteiger partial charge in [-0.05, 0) is 58.7 Å². The van der Waals surface area contributed by atoms with Gasteiger partial charge >= 0.3 is 0 Å². The molecule has 0 amide bonds. The Hall–Kier alpha value is -5.67. The molecule has 7 rings (SSSR count). The predicted octanol–water partition coefficient (Wildman–Crippen LogP) is 10.2. The van der Waals surface area contributed by atoms with Crippen LogP contribution in [0.5, 0.6) is 0 Å². The van der Waals surface area contributed by atoms with Crippen LogP contribution in [-0.2, 0) is 0 Å². The fourth-order valence-corrected chi connectivity index (χ4v) is 5.50. The molecule has 0 saturated carbocycles. The van der Waals surface area contributed by atoms with E-state index in [0.717, 1.165) is 61.5 Å². The molecule has 0 aliphatic rings. The number of nitrogen functional groups attached to an aromatic ring is 1. The van der Waals surface area contributed by atoms with Crippen molar-refractivity contribution < 1.29 is 0 Å². The van der Waals surface area contributed by atoms with Gasteiger partial charge < -0.3 is 11.1 Å². The van der Waals surface area contributed by atoms with Gasteiger partial charge in [0.15, 0.2) is 0 Å². The van der Waals surface area contributed by atoms with Gasteiger partial charge in [0.05, 0.1) is 11.2 Å². The van der Waals surface area contributed by atoms with Crippen LogP contribution >= 0.6 is 0 Å². The normalized spacial score (nSPS) is 11.0. The largest absolute Gasteiger partial charge is 0.398 e. The van der Waals surface area contributed by atoms with Crippen molar-refractivity contribution in [3.63, 3.8) is 0 Å². The molecule has 1 aromatic heterocycles. The Labute approximate surface area is 246 Å². The standard InChI is InChI=1S/C39H29N3/c40-36-26-39(35(29-16-8-3-9-17-29)24-34(36)28-14-6-2-7-15-28)41-31-22-20-30(21-23-31)38-25-33(27-12-4-1-5-13-27)32-18-10-11-19-37(32)42-38/h1-26,41H,40H2. The molecule has 0 unspecified atom stereocenters. The van der Waals surface area contributed by atoms with E-state index in [1.54, 1.807) is 0 Å². The summed E-state index contributed by atoms with van der Waals surface area (Å²) in [7, 11) is 0. The SMILES string of the molecule is Nc1cc(Nc2ccc(-c3cc(-c4ccccc4)c4ccccc4n3)cc2)c(-c2ccccc2)cc1-c1ccccc1. The summed E-state index contributed by atoms with van der Waals surface area (Å²) in [4.78, 5) is 5.01. The summed E-state index contributed by atoms with van der Waals surface area (Å²) in [6, 6.07) is 54.4. The van der Waals surface area contributed by atoms with E-state index in [1.165, 1.54) is 11.1 Å². The summed E-state index contributed by atoms with van der Waals surface area (Å²) in [6.45, 7) is 0. The van der Waals surface area contributed by atoms with Crippen molar-refractivity contribution in [3.8, 4) is 44.6 Å². The smallest absolute Gasteiger partial charge is 0.0715 e. The summed E-state index contributed by atoms with van der Waals surface area (Å²) in [5.41, 5.74) is 19.0.